The molecule has 2 rings (SSSR count). The van der Waals surface area contributed by atoms with Crippen LogP contribution in [-0.2, 0) is 4.79 Å². The first-order chi connectivity index (χ1) is 7.59. The summed E-state index contributed by atoms with van der Waals surface area (Å²) in [7, 11) is 0. The zero-order valence-corrected chi connectivity index (χ0v) is 9.00. The van der Waals surface area contributed by atoms with E-state index in [1.807, 2.05) is 0 Å². The highest BCUT2D eigenvalue weighted by atomic mass is 16.4. The van der Waals surface area contributed by atoms with Gasteiger partial charge in [-0.1, -0.05) is 0 Å². The fraction of sp³-hybridized carbons (Fsp3) is 0.800. The van der Waals surface area contributed by atoms with Crippen molar-refractivity contribution in [3.63, 3.8) is 0 Å². The molecular weight excluding hydrogens is 212 g/mol. The lowest BCUT2D eigenvalue weighted by Gasteiger charge is -2.35. The molecule has 0 aromatic rings. The van der Waals surface area contributed by atoms with Crippen molar-refractivity contribution in [2.45, 2.75) is 31.4 Å². The minimum Gasteiger partial charge on any atom is -0.465 e. The van der Waals surface area contributed by atoms with Crippen molar-refractivity contribution >= 4 is 12.0 Å². The Balaban J connectivity index is 1.90. The number of hydrogen-bond acceptors (Lipinski definition) is 3. The molecule has 6 nitrogen and oxygen atoms in total. The molecule has 0 bridgehead atoms. The number of carbonyl (C=O) groups is 2. The minimum atomic E-state index is -0.897. The molecule has 2 amide bonds. The van der Waals surface area contributed by atoms with Gasteiger partial charge in [0.25, 0.3) is 5.91 Å². The number of amides is 2. The first-order valence-corrected chi connectivity index (χ1v) is 5.56. The van der Waals surface area contributed by atoms with Gasteiger partial charge in [-0.3, -0.25) is 4.79 Å². The topological polar surface area (TPSA) is 81.1 Å². The van der Waals surface area contributed by atoms with Crippen molar-refractivity contribution in [1.29, 1.82) is 0 Å². The van der Waals surface area contributed by atoms with Gasteiger partial charge in [0.1, 0.15) is 6.10 Å². The summed E-state index contributed by atoms with van der Waals surface area (Å²) in [5, 5.41) is 18.1. The lowest BCUT2D eigenvalue weighted by molar-refractivity contribution is -0.137. The summed E-state index contributed by atoms with van der Waals surface area (Å²) in [6, 6.07) is 0.0975. The maximum Gasteiger partial charge on any atom is 0.407 e. The summed E-state index contributed by atoms with van der Waals surface area (Å²) < 4.78 is 0. The standard InChI is InChI=1S/C10H16N2O4/c13-8-3-6-12(9(8)14)7-1-4-11(5-2-7)10(15)16/h7-8,13H,1-6H2,(H,15,16)/t8-/m0/s1. The van der Waals surface area contributed by atoms with E-state index in [2.05, 4.69) is 0 Å². The Bertz CT molecular complexity index is 299. The first-order valence-electron chi connectivity index (χ1n) is 5.56. The molecule has 2 aliphatic rings. The van der Waals surface area contributed by atoms with Crippen LogP contribution in [0.5, 0.6) is 0 Å². The van der Waals surface area contributed by atoms with E-state index < -0.39 is 12.2 Å². The summed E-state index contributed by atoms with van der Waals surface area (Å²) in [6.07, 6.45) is 0.0942. The fourth-order valence-electron chi connectivity index (χ4n) is 2.42. The molecule has 0 aromatic carbocycles. The Morgan fingerprint density at radius 1 is 1.19 bits per heavy atom. The molecular formula is C10H16N2O4. The van der Waals surface area contributed by atoms with E-state index in [1.165, 1.54) is 4.90 Å². The number of piperidine rings is 1. The average Bonchev–Trinajstić information content (AvgIpc) is 2.60. The second-order valence-electron chi connectivity index (χ2n) is 4.34. The molecule has 0 radical (unpaired) electrons. The molecule has 2 fully saturated rings. The van der Waals surface area contributed by atoms with Gasteiger partial charge in [0.05, 0.1) is 0 Å². The third kappa shape index (κ3) is 1.97. The average molecular weight is 228 g/mol. The molecule has 1 atom stereocenters. The quantitative estimate of drug-likeness (QED) is 0.647. The number of carbonyl (C=O) groups excluding carboxylic acids is 1. The Labute approximate surface area is 93.4 Å². The predicted molar refractivity (Wildman–Crippen MR) is 55.0 cm³/mol. The van der Waals surface area contributed by atoms with Gasteiger partial charge in [-0.05, 0) is 19.3 Å². The lowest BCUT2D eigenvalue weighted by Crippen LogP contribution is -2.47. The van der Waals surface area contributed by atoms with E-state index >= 15 is 0 Å². The van der Waals surface area contributed by atoms with Crippen LogP contribution in [0.15, 0.2) is 0 Å². The molecule has 0 aliphatic carbocycles. The SMILES string of the molecule is O=C(O)N1CCC(N2CC[C@H](O)C2=O)CC1. The van der Waals surface area contributed by atoms with Crippen LogP contribution >= 0.6 is 0 Å². The summed E-state index contributed by atoms with van der Waals surface area (Å²) in [6.45, 7) is 1.54. The predicted octanol–water partition coefficient (Wildman–Crippen LogP) is -0.278. The van der Waals surface area contributed by atoms with Crippen LogP contribution in [0.4, 0.5) is 4.79 Å². The highest BCUT2D eigenvalue weighted by Gasteiger charge is 2.36. The number of aliphatic hydroxyl groups is 1. The van der Waals surface area contributed by atoms with Crippen molar-refractivity contribution in [3.8, 4) is 0 Å². The van der Waals surface area contributed by atoms with Crippen LogP contribution < -0.4 is 0 Å². The van der Waals surface area contributed by atoms with Crippen molar-refractivity contribution in [2.75, 3.05) is 19.6 Å². The van der Waals surface area contributed by atoms with E-state index in [4.69, 9.17) is 5.11 Å². The molecule has 0 unspecified atom stereocenters. The van der Waals surface area contributed by atoms with Gasteiger partial charge in [-0.15, -0.1) is 0 Å². The van der Waals surface area contributed by atoms with Crippen LogP contribution in [-0.4, -0.2) is 63.8 Å². The summed E-state index contributed by atoms with van der Waals surface area (Å²) in [5.74, 6) is -0.200. The molecule has 2 N–H and O–H groups in total. The van der Waals surface area contributed by atoms with Gasteiger partial charge >= 0.3 is 6.09 Å². The highest BCUT2D eigenvalue weighted by molar-refractivity contribution is 5.83. The highest BCUT2D eigenvalue weighted by Crippen LogP contribution is 2.22. The molecule has 90 valence electrons. The molecule has 2 heterocycles. The van der Waals surface area contributed by atoms with Crippen LogP contribution in [0.1, 0.15) is 19.3 Å². The molecule has 6 heteroatoms. The lowest BCUT2D eigenvalue weighted by atomic mass is 10.0. The van der Waals surface area contributed by atoms with Crippen molar-refractivity contribution in [2.24, 2.45) is 0 Å². The van der Waals surface area contributed by atoms with Crippen LogP contribution in [0.3, 0.4) is 0 Å². The fourth-order valence-corrected chi connectivity index (χ4v) is 2.42. The summed E-state index contributed by atoms with van der Waals surface area (Å²) >= 11 is 0. The van der Waals surface area contributed by atoms with E-state index in [-0.39, 0.29) is 11.9 Å². The van der Waals surface area contributed by atoms with Gasteiger partial charge < -0.3 is 20.0 Å². The first kappa shape index (κ1) is 11.2. The zero-order valence-electron chi connectivity index (χ0n) is 9.00. The molecule has 16 heavy (non-hydrogen) atoms. The minimum absolute atomic E-state index is 0.0975. The molecule has 0 saturated carbocycles. The van der Waals surface area contributed by atoms with E-state index in [1.54, 1.807) is 4.90 Å². The van der Waals surface area contributed by atoms with Crippen molar-refractivity contribution in [1.82, 2.24) is 9.80 Å². The Morgan fingerprint density at radius 2 is 1.81 bits per heavy atom. The molecule has 2 aliphatic heterocycles. The van der Waals surface area contributed by atoms with Gasteiger partial charge in [-0.2, -0.15) is 0 Å². The Hall–Kier alpha value is -1.30. The smallest absolute Gasteiger partial charge is 0.407 e. The third-order valence-corrected chi connectivity index (χ3v) is 3.39. The Morgan fingerprint density at radius 3 is 2.25 bits per heavy atom. The maximum atomic E-state index is 11.6. The number of hydrogen-bond donors (Lipinski definition) is 2. The van der Waals surface area contributed by atoms with Crippen LogP contribution in [0.2, 0.25) is 0 Å². The summed E-state index contributed by atoms with van der Waals surface area (Å²) in [5.41, 5.74) is 0. The largest absolute Gasteiger partial charge is 0.465 e. The third-order valence-electron chi connectivity index (χ3n) is 3.39. The second-order valence-corrected chi connectivity index (χ2v) is 4.34. The molecule has 2 saturated heterocycles. The van der Waals surface area contributed by atoms with Crippen LogP contribution in [0.25, 0.3) is 0 Å². The normalized spacial score (nSPS) is 27.6. The zero-order chi connectivity index (χ0) is 11.7. The Kier molecular flexibility index (Phi) is 3.00. The number of rotatable bonds is 1. The molecule has 0 spiro atoms. The van der Waals surface area contributed by atoms with E-state index in [0.717, 1.165) is 0 Å². The van der Waals surface area contributed by atoms with E-state index in [0.29, 0.717) is 38.9 Å². The van der Waals surface area contributed by atoms with Gasteiger partial charge in [0, 0.05) is 25.7 Å². The monoisotopic (exact) mass is 228 g/mol. The summed E-state index contributed by atoms with van der Waals surface area (Å²) in [4.78, 5) is 25.3. The second kappa shape index (κ2) is 4.29. The number of likely N-dealkylation sites (tertiary alicyclic amines) is 2. The maximum absolute atomic E-state index is 11.6. The van der Waals surface area contributed by atoms with E-state index in [9.17, 15) is 14.7 Å². The van der Waals surface area contributed by atoms with Crippen LogP contribution in [0, 0.1) is 0 Å². The van der Waals surface area contributed by atoms with Gasteiger partial charge in [0.15, 0.2) is 0 Å². The van der Waals surface area contributed by atoms with Gasteiger partial charge in [-0.25, -0.2) is 4.79 Å². The number of nitrogens with zero attached hydrogens (tertiary/aromatic N) is 2. The van der Waals surface area contributed by atoms with Crippen molar-refractivity contribution in [3.05, 3.63) is 0 Å². The number of aliphatic hydroxyl groups excluding tert-OH is 1. The number of carboxylic acid groups (broad SMARTS) is 1. The van der Waals surface area contributed by atoms with Gasteiger partial charge in [0.2, 0.25) is 0 Å². The molecule has 0 aromatic heterocycles. The van der Waals surface area contributed by atoms with Crippen molar-refractivity contribution < 1.29 is 19.8 Å².